The molecule has 1 unspecified atom stereocenters. The zero-order valence-electron chi connectivity index (χ0n) is 13.0. The second-order valence-corrected chi connectivity index (χ2v) is 6.74. The van der Waals surface area contributed by atoms with Gasteiger partial charge in [0.1, 0.15) is 5.82 Å². The minimum atomic E-state index is -0.185. The van der Waals surface area contributed by atoms with Crippen molar-refractivity contribution >= 4 is 17.6 Å². The number of aromatic nitrogens is 2. The Hall–Kier alpha value is -1.85. The molecule has 3 heterocycles. The van der Waals surface area contributed by atoms with Crippen molar-refractivity contribution in [3.63, 3.8) is 0 Å². The van der Waals surface area contributed by atoms with Gasteiger partial charge in [-0.25, -0.2) is 4.68 Å². The number of amides is 2. The van der Waals surface area contributed by atoms with E-state index in [1.54, 1.807) is 0 Å². The van der Waals surface area contributed by atoms with E-state index in [1.165, 1.54) is 12.8 Å². The lowest BCUT2D eigenvalue weighted by molar-refractivity contribution is -0.130. The van der Waals surface area contributed by atoms with Crippen molar-refractivity contribution < 1.29 is 9.59 Å². The summed E-state index contributed by atoms with van der Waals surface area (Å²) in [6.07, 6.45) is 4.99. The van der Waals surface area contributed by atoms with E-state index >= 15 is 0 Å². The fourth-order valence-corrected chi connectivity index (χ4v) is 4.13. The van der Waals surface area contributed by atoms with E-state index in [2.05, 4.69) is 5.10 Å². The summed E-state index contributed by atoms with van der Waals surface area (Å²) in [5.41, 5.74) is 0.933. The number of aryl methyl sites for hydroxylation is 1. The van der Waals surface area contributed by atoms with Gasteiger partial charge in [0.05, 0.1) is 18.2 Å². The number of nitrogens with zero attached hydrogens (tertiary/aromatic N) is 4. The molecule has 1 atom stereocenters. The number of fused-ring (bicyclic) bond motifs is 1. The molecule has 22 heavy (non-hydrogen) atoms. The number of anilines is 1. The van der Waals surface area contributed by atoms with E-state index in [0.717, 1.165) is 30.9 Å². The largest absolute Gasteiger partial charge is 0.339 e. The first-order chi connectivity index (χ1) is 10.6. The maximum absolute atomic E-state index is 12.8. The summed E-state index contributed by atoms with van der Waals surface area (Å²) in [7, 11) is 0. The van der Waals surface area contributed by atoms with Crippen molar-refractivity contribution in [1.82, 2.24) is 14.7 Å². The first kappa shape index (κ1) is 13.8. The fraction of sp³-hybridized carbons (Fsp3) is 0.688. The van der Waals surface area contributed by atoms with Crippen LogP contribution in [0.5, 0.6) is 0 Å². The Morgan fingerprint density at radius 3 is 2.82 bits per heavy atom. The Morgan fingerprint density at radius 1 is 1.27 bits per heavy atom. The summed E-state index contributed by atoms with van der Waals surface area (Å²) in [5.74, 6) is 0.950. The predicted molar refractivity (Wildman–Crippen MR) is 81.4 cm³/mol. The molecule has 0 spiro atoms. The molecule has 1 aromatic rings. The lowest BCUT2D eigenvalue weighted by Crippen LogP contribution is -2.38. The van der Waals surface area contributed by atoms with Crippen molar-refractivity contribution in [3.05, 3.63) is 11.8 Å². The van der Waals surface area contributed by atoms with E-state index in [4.69, 9.17) is 0 Å². The highest BCUT2D eigenvalue weighted by Gasteiger charge is 2.41. The lowest BCUT2D eigenvalue weighted by atomic mass is 10.1. The van der Waals surface area contributed by atoms with Crippen LogP contribution in [0.4, 0.5) is 5.82 Å². The normalized spacial score (nSPS) is 25.3. The average molecular weight is 302 g/mol. The minimum Gasteiger partial charge on any atom is -0.339 e. The van der Waals surface area contributed by atoms with E-state index in [1.807, 2.05) is 27.5 Å². The van der Waals surface area contributed by atoms with E-state index in [0.29, 0.717) is 25.6 Å². The van der Waals surface area contributed by atoms with Crippen LogP contribution in [0.2, 0.25) is 0 Å². The molecule has 2 amide bonds. The summed E-state index contributed by atoms with van der Waals surface area (Å²) in [5, 5.41) is 4.39. The zero-order valence-corrected chi connectivity index (χ0v) is 13.0. The van der Waals surface area contributed by atoms with Crippen molar-refractivity contribution in [2.45, 2.75) is 51.6 Å². The second kappa shape index (κ2) is 5.11. The van der Waals surface area contributed by atoms with Gasteiger partial charge in [0.25, 0.3) is 0 Å². The van der Waals surface area contributed by atoms with Gasteiger partial charge < -0.3 is 4.90 Å². The third-order valence-corrected chi connectivity index (χ3v) is 5.23. The number of hydrogen-bond acceptors (Lipinski definition) is 3. The number of carbonyl (C=O) groups is 2. The minimum absolute atomic E-state index is 0.0903. The van der Waals surface area contributed by atoms with Gasteiger partial charge in [-0.2, -0.15) is 5.10 Å². The summed E-state index contributed by atoms with van der Waals surface area (Å²) >= 11 is 0. The molecule has 0 aromatic carbocycles. The Kier molecular flexibility index (Phi) is 3.20. The maximum atomic E-state index is 12.8. The van der Waals surface area contributed by atoms with Crippen LogP contribution >= 0.6 is 0 Å². The predicted octanol–water partition coefficient (Wildman–Crippen LogP) is 1.33. The van der Waals surface area contributed by atoms with Crippen LogP contribution in [0.15, 0.2) is 6.07 Å². The molecule has 3 aliphatic rings. The molecule has 0 bridgehead atoms. The monoisotopic (exact) mass is 302 g/mol. The third kappa shape index (κ3) is 2.12. The summed E-state index contributed by atoms with van der Waals surface area (Å²) in [4.78, 5) is 28.9. The molecule has 118 valence electrons. The van der Waals surface area contributed by atoms with E-state index in [9.17, 15) is 9.59 Å². The van der Waals surface area contributed by atoms with Gasteiger partial charge in [0.2, 0.25) is 11.8 Å². The zero-order chi connectivity index (χ0) is 15.3. The van der Waals surface area contributed by atoms with E-state index in [-0.39, 0.29) is 17.7 Å². The highest BCUT2D eigenvalue weighted by molar-refractivity contribution is 5.99. The van der Waals surface area contributed by atoms with Gasteiger partial charge in [-0.3, -0.25) is 14.5 Å². The SMILES string of the molecule is Cc1cc2n(n1)CCN2C(=O)C1CC(=O)N(C2CCCC2)C1. The van der Waals surface area contributed by atoms with Crippen LogP contribution < -0.4 is 4.90 Å². The molecule has 6 heteroatoms. The molecule has 1 saturated heterocycles. The summed E-state index contributed by atoms with van der Waals surface area (Å²) < 4.78 is 1.89. The molecule has 2 fully saturated rings. The molecule has 1 saturated carbocycles. The van der Waals surface area contributed by atoms with Crippen molar-refractivity contribution in [3.8, 4) is 0 Å². The van der Waals surface area contributed by atoms with Crippen LogP contribution in [-0.2, 0) is 16.1 Å². The van der Waals surface area contributed by atoms with Crippen molar-refractivity contribution in [2.24, 2.45) is 5.92 Å². The average Bonchev–Trinajstić information content (AvgIpc) is 3.20. The molecule has 0 radical (unpaired) electrons. The number of carbonyl (C=O) groups excluding carboxylic acids is 2. The van der Waals surface area contributed by atoms with Gasteiger partial charge in [-0.05, 0) is 19.8 Å². The molecular formula is C16H22N4O2. The maximum Gasteiger partial charge on any atom is 0.233 e. The van der Waals surface area contributed by atoms with Crippen molar-refractivity contribution in [2.75, 3.05) is 18.0 Å². The number of rotatable bonds is 2. The molecule has 1 aliphatic carbocycles. The highest BCUT2D eigenvalue weighted by Crippen LogP contribution is 2.32. The summed E-state index contributed by atoms with van der Waals surface area (Å²) in [6, 6.07) is 2.33. The topological polar surface area (TPSA) is 58.4 Å². The van der Waals surface area contributed by atoms with Crippen LogP contribution in [-0.4, -0.2) is 45.6 Å². The molecular weight excluding hydrogens is 280 g/mol. The first-order valence-corrected chi connectivity index (χ1v) is 8.29. The van der Waals surface area contributed by atoms with E-state index < -0.39 is 0 Å². The molecule has 0 N–H and O–H groups in total. The fourth-order valence-electron chi connectivity index (χ4n) is 4.13. The van der Waals surface area contributed by atoms with Gasteiger partial charge in [-0.15, -0.1) is 0 Å². The van der Waals surface area contributed by atoms with Crippen LogP contribution in [0.1, 0.15) is 37.8 Å². The highest BCUT2D eigenvalue weighted by atomic mass is 16.2. The molecule has 6 nitrogen and oxygen atoms in total. The van der Waals surface area contributed by atoms with Gasteiger partial charge in [0.15, 0.2) is 0 Å². The molecule has 1 aromatic heterocycles. The Labute approximate surface area is 130 Å². The summed E-state index contributed by atoms with van der Waals surface area (Å²) in [6.45, 7) is 3.97. The second-order valence-electron chi connectivity index (χ2n) is 6.74. The standard InChI is InChI=1S/C16H22N4O2/c1-11-8-14-18(6-7-20(14)17-11)16(22)12-9-15(21)19(10-12)13-4-2-3-5-13/h8,12-13H,2-7,9-10H2,1H3. The van der Waals surface area contributed by atoms with Crippen LogP contribution in [0, 0.1) is 12.8 Å². The lowest BCUT2D eigenvalue weighted by Gasteiger charge is -2.24. The number of likely N-dealkylation sites (tertiary alicyclic amines) is 1. The van der Waals surface area contributed by atoms with Crippen LogP contribution in [0.25, 0.3) is 0 Å². The Balaban J connectivity index is 1.49. The molecule has 4 rings (SSSR count). The Bertz CT molecular complexity index is 618. The van der Waals surface area contributed by atoms with Crippen molar-refractivity contribution in [1.29, 1.82) is 0 Å². The quantitative estimate of drug-likeness (QED) is 0.828. The van der Waals surface area contributed by atoms with Crippen LogP contribution in [0.3, 0.4) is 0 Å². The van der Waals surface area contributed by atoms with Gasteiger partial charge in [-0.1, -0.05) is 12.8 Å². The van der Waals surface area contributed by atoms with Gasteiger partial charge in [0, 0.05) is 31.6 Å². The molecule has 2 aliphatic heterocycles. The first-order valence-electron chi connectivity index (χ1n) is 8.29. The van der Waals surface area contributed by atoms with Gasteiger partial charge >= 0.3 is 0 Å². The third-order valence-electron chi connectivity index (χ3n) is 5.23. The smallest absolute Gasteiger partial charge is 0.233 e. The number of hydrogen-bond donors (Lipinski definition) is 0. The Morgan fingerprint density at radius 2 is 2.05 bits per heavy atom.